The average Bonchev–Trinajstić information content (AvgIpc) is 3.07. The first-order valence-electron chi connectivity index (χ1n) is 8.95. The number of hydrogen-bond donors (Lipinski definition) is 1. The summed E-state index contributed by atoms with van der Waals surface area (Å²) in [6, 6.07) is -0.0706. The molecule has 2 aromatic heterocycles. The lowest BCUT2D eigenvalue weighted by Gasteiger charge is -2.30. The summed E-state index contributed by atoms with van der Waals surface area (Å²) in [4.78, 5) is 40.8. The summed E-state index contributed by atoms with van der Waals surface area (Å²) < 4.78 is 28.4. The minimum Gasteiger partial charge on any atom is -0.353 e. The monoisotopic (exact) mass is 412 g/mol. The van der Waals surface area contributed by atoms with Crippen molar-refractivity contribution in [1.82, 2.24) is 28.3 Å². The fraction of sp³-hybridized carbons (Fsp3) is 0.625. The second-order valence-corrected chi connectivity index (χ2v) is 9.05. The molecule has 0 saturated carbocycles. The Morgan fingerprint density at radius 2 is 1.86 bits per heavy atom. The number of nitrogens with zero attached hydrogens (tertiary/aromatic N) is 5. The molecule has 28 heavy (non-hydrogen) atoms. The predicted octanol–water partition coefficient (Wildman–Crippen LogP) is -1.64. The van der Waals surface area contributed by atoms with Crippen LogP contribution >= 0.6 is 0 Å². The smallest absolute Gasteiger partial charge is 0.332 e. The van der Waals surface area contributed by atoms with E-state index in [4.69, 9.17) is 0 Å². The molecule has 12 heteroatoms. The molecule has 154 valence electrons. The zero-order chi connectivity index (χ0) is 20.6. The molecule has 0 atom stereocenters. The van der Waals surface area contributed by atoms with Crippen LogP contribution in [0.15, 0.2) is 15.9 Å². The molecule has 0 aliphatic carbocycles. The van der Waals surface area contributed by atoms with Crippen LogP contribution in [-0.2, 0) is 35.5 Å². The zero-order valence-corrected chi connectivity index (χ0v) is 16.9. The molecule has 1 saturated heterocycles. The Hall–Kier alpha value is -2.47. The highest BCUT2D eigenvalue weighted by Crippen LogP contribution is 2.13. The van der Waals surface area contributed by atoms with E-state index in [0.29, 0.717) is 25.9 Å². The normalized spacial score (nSPS) is 16.5. The molecular weight excluding hydrogens is 388 g/mol. The molecule has 2 aromatic rings. The number of fused-ring (bicyclic) bond motifs is 1. The second kappa shape index (κ2) is 7.51. The van der Waals surface area contributed by atoms with Crippen molar-refractivity contribution in [3.05, 3.63) is 27.2 Å². The number of aromatic nitrogens is 4. The fourth-order valence-electron chi connectivity index (χ4n) is 3.42. The molecule has 0 bridgehead atoms. The molecule has 1 amide bonds. The van der Waals surface area contributed by atoms with Gasteiger partial charge in [0, 0.05) is 46.2 Å². The van der Waals surface area contributed by atoms with Gasteiger partial charge in [0.2, 0.25) is 15.9 Å². The Labute approximate surface area is 161 Å². The minimum atomic E-state index is -3.20. The van der Waals surface area contributed by atoms with Crippen molar-refractivity contribution < 1.29 is 13.2 Å². The molecule has 1 N–H and O–H groups in total. The predicted molar refractivity (Wildman–Crippen MR) is 102 cm³/mol. The van der Waals surface area contributed by atoms with Gasteiger partial charge in [0.15, 0.2) is 11.2 Å². The highest BCUT2D eigenvalue weighted by atomic mass is 32.2. The number of rotatable bonds is 5. The van der Waals surface area contributed by atoms with E-state index in [2.05, 4.69) is 10.3 Å². The molecule has 0 radical (unpaired) electrons. The van der Waals surface area contributed by atoms with Gasteiger partial charge in [-0.3, -0.25) is 18.7 Å². The van der Waals surface area contributed by atoms with Crippen molar-refractivity contribution in [3.63, 3.8) is 0 Å². The number of amides is 1. The van der Waals surface area contributed by atoms with Gasteiger partial charge in [-0.05, 0) is 12.8 Å². The third-order valence-corrected chi connectivity index (χ3v) is 6.39. The standard InChI is InChI=1S/C16H24N6O5S/c1-19-14-13(15(24)20(2)16(19)25)21(10-17-14)7-6-12(23)18-11-4-8-22(9-5-11)28(3,26)27/h10-11H,4-9H2,1-3H3,(H,18,23). The topological polar surface area (TPSA) is 128 Å². The van der Waals surface area contributed by atoms with Crippen molar-refractivity contribution >= 4 is 27.1 Å². The molecule has 11 nitrogen and oxygen atoms in total. The van der Waals surface area contributed by atoms with Gasteiger partial charge in [-0.15, -0.1) is 0 Å². The van der Waals surface area contributed by atoms with E-state index in [1.165, 1.54) is 35.6 Å². The van der Waals surface area contributed by atoms with E-state index < -0.39 is 21.3 Å². The van der Waals surface area contributed by atoms with Crippen molar-refractivity contribution in [2.24, 2.45) is 14.1 Å². The molecule has 0 spiro atoms. The largest absolute Gasteiger partial charge is 0.353 e. The number of carbonyl (C=O) groups is 1. The third kappa shape index (κ3) is 3.87. The fourth-order valence-corrected chi connectivity index (χ4v) is 4.29. The Morgan fingerprint density at radius 3 is 2.46 bits per heavy atom. The number of hydrogen-bond acceptors (Lipinski definition) is 6. The molecule has 1 aliphatic rings. The molecular formula is C16H24N6O5S. The molecule has 0 unspecified atom stereocenters. The van der Waals surface area contributed by atoms with Gasteiger partial charge in [0.25, 0.3) is 5.56 Å². The lowest BCUT2D eigenvalue weighted by Crippen LogP contribution is -2.46. The van der Waals surface area contributed by atoms with E-state index >= 15 is 0 Å². The molecule has 3 heterocycles. The summed E-state index contributed by atoms with van der Waals surface area (Å²) >= 11 is 0. The van der Waals surface area contributed by atoms with Crippen LogP contribution in [0.3, 0.4) is 0 Å². The van der Waals surface area contributed by atoms with Crippen molar-refractivity contribution in [1.29, 1.82) is 0 Å². The van der Waals surface area contributed by atoms with Crippen LogP contribution in [0.25, 0.3) is 11.2 Å². The first kappa shape index (κ1) is 20.3. The van der Waals surface area contributed by atoms with E-state index in [-0.39, 0.29) is 36.1 Å². The quantitative estimate of drug-likeness (QED) is 0.628. The lowest BCUT2D eigenvalue weighted by atomic mass is 10.1. The van der Waals surface area contributed by atoms with Crippen LogP contribution in [0.1, 0.15) is 19.3 Å². The van der Waals surface area contributed by atoms with Crippen LogP contribution in [0, 0.1) is 0 Å². The SMILES string of the molecule is Cn1c(=O)c2c(ncn2CCC(=O)NC2CCN(S(C)(=O)=O)CC2)n(C)c1=O. The number of carbonyl (C=O) groups excluding carboxylic acids is 1. The lowest BCUT2D eigenvalue weighted by molar-refractivity contribution is -0.122. The maximum absolute atomic E-state index is 12.4. The van der Waals surface area contributed by atoms with Crippen LogP contribution in [-0.4, -0.2) is 62.7 Å². The summed E-state index contributed by atoms with van der Waals surface area (Å²) in [5, 5.41) is 2.92. The van der Waals surface area contributed by atoms with Crippen LogP contribution in [0.4, 0.5) is 0 Å². The van der Waals surface area contributed by atoms with Crippen LogP contribution in [0.5, 0.6) is 0 Å². The number of piperidine rings is 1. The second-order valence-electron chi connectivity index (χ2n) is 7.07. The Balaban J connectivity index is 1.63. The minimum absolute atomic E-state index is 0.0706. The van der Waals surface area contributed by atoms with E-state index in [9.17, 15) is 22.8 Å². The summed E-state index contributed by atoms with van der Waals surface area (Å²) in [6.07, 6.45) is 3.90. The number of aryl methyl sites for hydroxylation is 2. The molecule has 1 fully saturated rings. The number of imidazole rings is 1. The van der Waals surface area contributed by atoms with Gasteiger partial charge in [-0.1, -0.05) is 0 Å². The Morgan fingerprint density at radius 1 is 1.21 bits per heavy atom. The van der Waals surface area contributed by atoms with Gasteiger partial charge in [0.1, 0.15) is 0 Å². The summed E-state index contributed by atoms with van der Waals surface area (Å²) in [7, 11) is -0.260. The maximum Gasteiger partial charge on any atom is 0.332 e. The van der Waals surface area contributed by atoms with Crippen molar-refractivity contribution in [3.8, 4) is 0 Å². The number of sulfonamides is 1. The van der Waals surface area contributed by atoms with Gasteiger partial charge in [0.05, 0.1) is 12.6 Å². The Kier molecular flexibility index (Phi) is 5.44. The van der Waals surface area contributed by atoms with Gasteiger partial charge in [-0.25, -0.2) is 22.5 Å². The maximum atomic E-state index is 12.4. The van der Waals surface area contributed by atoms with E-state index in [0.717, 1.165) is 4.57 Å². The highest BCUT2D eigenvalue weighted by molar-refractivity contribution is 7.88. The average molecular weight is 412 g/mol. The van der Waals surface area contributed by atoms with Crippen LogP contribution in [0.2, 0.25) is 0 Å². The summed E-state index contributed by atoms with van der Waals surface area (Å²) in [6.45, 7) is 1.03. The first-order valence-corrected chi connectivity index (χ1v) is 10.8. The van der Waals surface area contributed by atoms with Crippen molar-refractivity contribution in [2.45, 2.75) is 31.8 Å². The molecule has 1 aliphatic heterocycles. The molecule has 0 aromatic carbocycles. The highest BCUT2D eigenvalue weighted by Gasteiger charge is 2.25. The third-order valence-electron chi connectivity index (χ3n) is 5.09. The van der Waals surface area contributed by atoms with E-state index in [1.54, 1.807) is 4.57 Å². The van der Waals surface area contributed by atoms with Crippen molar-refractivity contribution in [2.75, 3.05) is 19.3 Å². The Bertz CT molecular complexity index is 1120. The van der Waals surface area contributed by atoms with Gasteiger partial charge < -0.3 is 9.88 Å². The van der Waals surface area contributed by atoms with Gasteiger partial charge in [-0.2, -0.15) is 0 Å². The summed E-state index contributed by atoms with van der Waals surface area (Å²) in [5.74, 6) is -0.179. The molecule has 3 rings (SSSR count). The van der Waals surface area contributed by atoms with Gasteiger partial charge >= 0.3 is 5.69 Å². The first-order chi connectivity index (χ1) is 13.1. The summed E-state index contributed by atoms with van der Waals surface area (Å²) in [5.41, 5.74) is -0.356. The van der Waals surface area contributed by atoms with Crippen LogP contribution < -0.4 is 16.6 Å². The van der Waals surface area contributed by atoms with E-state index in [1.807, 2.05) is 0 Å². The zero-order valence-electron chi connectivity index (χ0n) is 16.1. The number of nitrogens with one attached hydrogen (secondary N) is 1.